The lowest BCUT2D eigenvalue weighted by molar-refractivity contribution is 0.130. The van der Waals surface area contributed by atoms with Crippen molar-refractivity contribution in [1.82, 2.24) is 4.90 Å². The summed E-state index contributed by atoms with van der Waals surface area (Å²) in [6.45, 7) is 6.42. The molecule has 2 unspecified atom stereocenters. The van der Waals surface area contributed by atoms with Crippen molar-refractivity contribution in [3.8, 4) is 0 Å². The Kier molecular flexibility index (Phi) is 4.87. The summed E-state index contributed by atoms with van der Waals surface area (Å²) < 4.78 is 21.5. The standard InChI is InChI=1S/C10H20ClNO2S/c1-9-4-6-12(10(2)8-9)5-3-7-15(11,13)14/h9-10H,3-8H2,1-2H3. The summed E-state index contributed by atoms with van der Waals surface area (Å²) in [5.41, 5.74) is 0. The van der Waals surface area contributed by atoms with Gasteiger partial charge in [0.25, 0.3) is 0 Å². The van der Waals surface area contributed by atoms with E-state index in [9.17, 15) is 8.42 Å². The van der Waals surface area contributed by atoms with Crippen LogP contribution in [0, 0.1) is 5.92 Å². The largest absolute Gasteiger partial charge is 0.301 e. The number of nitrogens with zero attached hydrogens (tertiary/aromatic N) is 1. The van der Waals surface area contributed by atoms with Crippen LogP contribution in [0.2, 0.25) is 0 Å². The van der Waals surface area contributed by atoms with E-state index in [1.54, 1.807) is 0 Å². The number of halogens is 1. The van der Waals surface area contributed by atoms with E-state index in [0.29, 0.717) is 12.5 Å². The molecule has 15 heavy (non-hydrogen) atoms. The highest BCUT2D eigenvalue weighted by atomic mass is 35.7. The Labute approximate surface area is 97.2 Å². The van der Waals surface area contributed by atoms with Gasteiger partial charge < -0.3 is 4.90 Å². The number of hydrogen-bond acceptors (Lipinski definition) is 3. The second kappa shape index (κ2) is 5.51. The lowest BCUT2D eigenvalue weighted by Gasteiger charge is -2.36. The first kappa shape index (κ1) is 13.3. The lowest BCUT2D eigenvalue weighted by atomic mass is 9.93. The average molecular weight is 254 g/mol. The van der Waals surface area contributed by atoms with Crippen LogP contribution in [0.25, 0.3) is 0 Å². The molecule has 0 amide bonds. The smallest absolute Gasteiger partial charge is 0.232 e. The van der Waals surface area contributed by atoms with Crippen LogP contribution in [0.3, 0.4) is 0 Å². The molecule has 1 saturated heterocycles. The molecule has 0 aromatic rings. The summed E-state index contributed by atoms with van der Waals surface area (Å²) in [6.07, 6.45) is 3.08. The van der Waals surface area contributed by atoms with Gasteiger partial charge in [-0.3, -0.25) is 0 Å². The monoisotopic (exact) mass is 253 g/mol. The average Bonchev–Trinajstić information content (AvgIpc) is 2.07. The van der Waals surface area contributed by atoms with Gasteiger partial charge in [0.15, 0.2) is 0 Å². The van der Waals surface area contributed by atoms with Gasteiger partial charge in [0, 0.05) is 16.7 Å². The highest BCUT2D eigenvalue weighted by Crippen LogP contribution is 2.22. The molecule has 1 aliphatic rings. The van der Waals surface area contributed by atoms with Crippen LogP contribution in [0.5, 0.6) is 0 Å². The van der Waals surface area contributed by atoms with Crippen molar-refractivity contribution >= 4 is 19.7 Å². The van der Waals surface area contributed by atoms with Crippen molar-refractivity contribution in [2.75, 3.05) is 18.8 Å². The van der Waals surface area contributed by atoms with Gasteiger partial charge >= 0.3 is 0 Å². The predicted octanol–water partition coefficient (Wildman–Crippen LogP) is 2.07. The maximum absolute atomic E-state index is 10.8. The summed E-state index contributed by atoms with van der Waals surface area (Å²) in [5.74, 6) is 0.890. The fraction of sp³-hybridized carbons (Fsp3) is 1.00. The Balaban J connectivity index is 2.27. The fourth-order valence-corrected chi connectivity index (χ4v) is 3.03. The van der Waals surface area contributed by atoms with E-state index in [-0.39, 0.29) is 5.75 Å². The summed E-state index contributed by atoms with van der Waals surface area (Å²) in [4.78, 5) is 2.36. The minimum Gasteiger partial charge on any atom is -0.301 e. The molecule has 3 nitrogen and oxygen atoms in total. The Hall–Kier alpha value is 0.200. The molecular formula is C10H20ClNO2S. The molecule has 1 rings (SSSR count). The van der Waals surface area contributed by atoms with Gasteiger partial charge in [-0.05, 0) is 45.2 Å². The summed E-state index contributed by atoms with van der Waals surface area (Å²) in [7, 11) is 1.86. The zero-order valence-corrected chi connectivity index (χ0v) is 11.0. The van der Waals surface area contributed by atoms with Gasteiger partial charge in [0.2, 0.25) is 9.05 Å². The summed E-state index contributed by atoms with van der Waals surface area (Å²) >= 11 is 0. The van der Waals surface area contributed by atoms with E-state index < -0.39 is 9.05 Å². The topological polar surface area (TPSA) is 37.4 Å². The van der Waals surface area contributed by atoms with Crippen LogP contribution in [-0.4, -0.2) is 38.2 Å². The number of hydrogen-bond donors (Lipinski definition) is 0. The first-order valence-corrected chi connectivity index (χ1v) is 8.02. The molecule has 0 spiro atoms. The highest BCUT2D eigenvalue weighted by Gasteiger charge is 2.22. The zero-order chi connectivity index (χ0) is 11.5. The summed E-state index contributed by atoms with van der Waals surface area (Å²) in [6, 6.07) is 0.576. The molecule has 1 heterocycles. The van der Waals surface area contributed by atoms with Crippen molar-refractivity contribution < 1.29 is 8.42 Å². The third kappa shape index (κ3) is 5.18. The summed E-state index contributed by atoms with van der Waals surface area (Å²) in [5, 5.41) is 0. The third-order valence-corrected chi connectivity index (χ3v) is 4.35. The van der Waals surface area contributed by atoms with Crippen molar-refractivity contribution in [3.05, 3.63) is 0 Å². The van der Waals surface area contributed by atoms with Crippen molar-refractivity contribution in [2.45, 2.75) is 39.2 Å². The molecule has 0 aromatic heterocycles. The number of likely N-dealkylation sites (tertiary alicyclic amines) is 1. The van der Waals surface area contributed by atoms with Gasteiger partial charge in [-0.15, -0.1) is 0 Å². The first-order chi connectivity index (χ1) is 6.88. The third-order valence-electron chi connectivity index (χ3n) is 3.11. The lowest BCUT2D eigenvalue weighted by Crippen LogP contribution is -2.41. The van der Waals surface area contributed by atoms with E-state index in [2.05, 4.69) is 18.7 Å². The highest BCUT2D eigenvalue weighted by molar-refractivity contribution is 8.13. The molecule has 90 valence electrons. The molecular weight excluding hydrogens is 234 g/mol. The molecule has 2 atom stereocenters. The van der Waals surface area contributed by atoms with Crippen LogP contribution in [0.1, 0.15) is 33.1 Å². The molecule has 5 heteroatoms. The second-order valence-corrected chi connectivity index (χ2v) is 7.51. The van der Waals surface area contributed by atoms with E-state index >= 15 is 0 Å². The SMILES string of the molecule is CC1CCN(CCCS(=O)(=O)Cl)C(C)C1. The number of piperidine rings is 1. The molecule has 0 saturated carbocycles. The molecule has 0 radical (unpaired) electrons. The number of rotatable bonds is 4. The van der Waals surface area contributed by atoms with E-state index in [1.807, 2.05) is 0 Å². The Morgan fingerprint density at radius 2 is 2.07 bits per heavy atom. The van der Waals surface area contributed by atoms with Gasteiger partial charge in [-0.2, -0.15) is 0 Å². The molecule has 0 N–H and O–H groups in total. The van der Waals surface area contributed by atoms with Crippen LogP contribution in [0.4, 0.5) is 0 Å². The predicted molar refractivity (Wildman–Crippen MR) is 63.7 cm³/mol. The fourth-order valence-electron chi connectivity index (χ4n) is 2.23. The van der Waals surface area contributed by atoms with E-state index in [1.165, 1.54) is 12.8 Å². The Bertz CT molecular complexity index is 292. The van der Waals surface area contributed by atoms with Crippen molar-refractivity contribution in [1.29, 1.82) is 0 Å². The normalized spacial score (nSPS) is 29.3. The van der Waals surface area contributed by atoms with Gasteiger partial charge in [0.05, 0.1) is 5.75 Å². The van der Waals surface area contributed by atoms with Gasteiger partial charge in [-0.25, -0.2) is 8.42 Å². The first-order valence-electron chi connectivity index (χ1n) is 5.55. The molecule has 0 aliphatic carbocycles. The van der Waals surface area contributed by atoms with E-state index in [4.69, 9.17) is 10.7 Å². The Morgan fingerprint density at radius 1 is 1.40 bits per heavy atom. The molecule has 1 fully saturated rings. The maximum Gasteiger partial charge on any atom is 0.232 e. The minimum absolute atomic E-state index is 0.0906. The van der Waals surface area contributed by atoms with Gasteiger partial charge in [-0.1, -0.05) is 6.92 Å². The molecule has 1 aliphatic heterocycles. The zero-order valence-electron chi connectivity index (χ0n) is 9.45. The van der Waals surface area contributed by atoms with E-state index in [0.717, 1.165) is 19.0 Å². The van der Waals surface area contributed by atoms with Crippen molar-refractivity contribution in [3.63, 3.8) is 0 Å². The Morgan fingerprint density at radius 3 is 2.60 bits per heavy atom. The second-order valence-electron chi connectivity index (χ2n) is 4.61. The van der Waals surface area contributed by atoms with Gasteiger partial charge in [0.1, 0.15) is 0 Å². The minimum atomic E-state index is -3.31. The maximum atomic E-state index is 10.8. The quantitative estimate of drug-likeness (QED) is 0.720. The van der Waals surface area contributed by atoms with Crippen LogP contribution >= 0.6 is 10.7 Å². The molecule has 0 aromatic carbocycles. The van der Waals surface area contributed by atoms with Crippen molar-refractivity contribution in [2.24, 2.45) is 5.92 Å². The molecule has 0 bridgehead atoms. The van der Waals surface area contributed by atoms with Crippen LogP contribution in [0.15, 0.2) is 0 Å². The van der Waals surface area contributed by atoms with Crippen LogP contribution < -0.4 is 0 Å². The van der Waals surface area contributed by atoms with Crippen LogP contribution in [-0.2, 0) is 9.05 Å².